The van der Waals surface area contributed by atoms with E-state index in [-0.39, 0.29) is 17.3 Å². The SMILES string of the molecule is CN1CCN(C(=O)CNc2ccc(S(C)(=O)=O)cc2)CC1. The number of benzene rings is 1. The zero-order valence-electron chi connectivity index (χ0n) is 12.4. The lowest BCUT2D eigenvalue weighted by molar-refractivity contribution is -0.130. The van der Waals surface area contributed by atoms with Crippen LogP contribution in [-0.4, -0.2) is 70.2 Å². The number of sulfone groups is 1. The number of nitrogens with zero attached hydrogens (tertiary/aromatic N) is 2. The van der Waals surface area contributed by atoms with Gasteiger partial charge in [0.1, 0.15) is 0 Å². The molecule has 1 N–H and O–H groups in total. The normalized spacial score (nSPS) is 16.8. The van der Waals surface area contributed by atoms with Crippen molar-refractivity contribution in [3.8, 4) is 0 Å². The molecule has 6 nitrogen and oxygen atoms in total. The number of piperazine rings is 1. The van der Waals surface area contributed by atoms with E-state index in [1.54, 1.807) is 12.1 Å². The van der Waals surface area contributed by atoms with Crippen LogP contribution in [0.15, 0.2) is 29.2 Å². The Morgan fingerprint density at radius 1 is 1.14 bits per heavy atom. The second-order valence-corrected chi connectivity index (χ2v) is 7.35. The molecule has 1 aliphatic heterocycles. The van der Waals surface area contributed by atoms with Crippen LogP contribution in [0.4, 0.5) is 5.69 Å². The highest BCUT2D eigenvalue weighted by Crippen LogP contribution is 2.13. The summed E-state index contributed by atoms with van der Waals surface area (Å²) >= 11 is 0. The van der Waals surface area contributed by atoms with Gasteiger partial charge in [0.25, 0.3) is 0 Å². The standard InChI is InChI=1S/C14H21N3O3S/c1-16-7-9-17(10-8-16)14(18)11-15-12-3-5-13(6-4-12)21(2,19)20/h3-6,15H,7-11H2,1-2H3. The third-order valence-electron chi connectivity index (χ3n) is 3.58. The number of anilines is 1. The van der Waals surface area contributed by atoms with Crippen LogP contribution in [0.5, 0.6) is 0 Å². The van der Waals surface area contributed by atoms with E-state index < -0.39 is 9.84 Å². The molecule has 21 heavy (non-hydrogen) atoms. The van der Waals surface area contributed by atoms with Crippen molar-refractivity contribution >= 4 is 21.4 Å². The topological polar surface area (TPSA) is 69.7 Å². The molecular formula is C14H21N3O3S. The number of carbonyl (C=O) groups excluding carboxylic acids is 1. The molecule has 0 bridgehead atoms. The third-order valence-corrected chi connectivity index (χ3v) is 4.71. The zero-order chi connectivity index (χ0) is 15.5. The molecule has 0 radical (unpaired) electrons. The van der Waals surface area contributed by atoms with Crippen molar-refractivity contribution in [2.24, 2.45) is 0 Å². The Balaban J connectivity index is 1.87. The predicted octanol–water partition coefficient (Wildman–Crippen LogP) is 0.276. The zero-order valence-corrected chi connectivity index (χ0v) is 13.2. The highest BCUT2D eigenvalue weighted by molar-refractivity contribution is 7.90. The summed E-state index contributed by atoms with van der Waals surface area (Å²) in [6.07, 6.45) is 1.17. The second kappa shape index (κ2) is 6.44. The van der Waals surface area contributed by atoms with Crippen molar-refractivity contribution < 1.29 is 13.2 Å². The first kappa shape index (κ1) is 15.8. The Morgan fingerprint density at radius 3 is 2.24 bits per heavy atom. The van der Waals surface area contributed by atoms with Crippen molar-refractivity contribution in [3.05, 3.63) is 24.3 Å². The average Bonchev–Trinajstić information content (AvgIpc) is 2.45. The molecular weight excluding hydrogens is 290 g/mol. The van der Waals surface area contributed by atoms with Crippen molar-refractivity contribution in [3.63, 3.8) is 0 Å². The first-order chi connectivity index (χ1) is 9.86. The Bertz CT molecular complexity index is 590. The Morgan fingerprint density at radius 2 is 1.71 bits per heavy atom. The van der Waals surface area contributed by atoms with Crippen molar-refractivity contribution in [1.29, 1.82) is 0 Å². The van der Waals surface area contributed by atoms with Gasteiger partial charge in [0.15, 0.2) is 9.84 Å². The number of rotatable bonds is 4. The quantitative estimate of drug-likeness (QED) is 0.865. The lowest BCUT2D eigenvalue weighted by atomic mass is 10.3. The molecule has 1 aromatic carbocycles. The van der Waals surface area contributed by atoms with E-state index in [9.17, 15) is 13.2 Å². The van der Waals surface area contributed by atoms with E-state index >= 15 is 0 Å². The largest absolute Gasteiger partial charge is 0.376 e. The summed E-state index contributed by atoms with van der Waals surface area (Å²) in [4.78, 5) is 16.4. The van der Waals surface area contributed by atoms with Gasteiger partial charge in [-0.3, -0.25) is 4.79 Å². The second-order valence-electron chi connectivity index (χ2n) is 5.33. The summed E-state index contributed by atoms with van der Waals surface area (Å²) in [6.45, 7) is 3.53. The molecule has 7 heteroatoms. The summed E-state index contributed by atoms with van der Waals surface area (Å²) in [7, 11) is -1.14. The summed E-state index contributed by atoms with van der Waals surface area (Å²) in [5.74, 6) is 0.0651. The molecule has 1 saturated heterocycles. The Kier molecular flexibility index (Phi) is 4.84. The highest BCUT2D eigenvalue weighted by Gasteiger charge is 2.18. The third kappa shape index (κ3) is 4.44. The fraction of sp³-hybridized carbons (Fsp3) is 0.500. The van der Waals surface area contributed by atoms with Gasteiger partial charge in [-0.15, -0.1) is 0 Å². The molecule has 1 aromatic rings. The summed E-state index contributed by atoms with van der Waals surface area (Å²) in [5, 5.41) is 3.03. The van der Waals surface area contributed by atoms with Gasteiger partial charge >= 0.3 is 0 Å². The maximum absolute atomic E-state index is 12.1. The minimum absolute atomic E-state index is 0.0651. The first-order valence-electron chi connectivity index (χ1n) is 6.86. The number of carbonyl (C=O) groups is 1. The molecule has 0 unspecified atom stereocenters. The number of hydrogen-bond acceptors (Lipinski definition) is 5. The molecule has 1 amide bonds. The van der Waals surface area contributed by atoms with Crippen LogP contribution in [-0.2, 0) is 14.6 Å². The summed E-state index contributed by atoms with van der Waals surface area (Å²) < 4.78 is 22.7. The molecule has 0 atom stereocenters. The molecule has 1 heterocycles. The fourth-order valence-electron chi connectivity index (χ4n) is 2.17. The highest BCUT2D eigenvalue weighted by atomic mass is 32.2. The lowest BCUT2D eigenvalue weighted by Gasteiger charge is -2.32. The number of amides is 1. The van der Waals surface area contributed by atoms with Crippen LogP contribution in [0.3, 0.4) is 0 Å². The smallest absolute Gasteiger partial charge is 0.241 e. The van der Waals surface area contributed by atoms with Crippen LogP contribution in [0.2, 0.25) is 0 Å². The van der Waals surface area contributed by atoms with Crippen LogP contribution in [0, 0.1) is 0 Å². The summed E-state index contributed by atoms with van der Waals surface area (Å²) in [6, 6.07) is 6.43. The van der Waals surface area contributed by atoms with Crippen LogP contribution < -0.4 is 5.32 Å². The van der Waals surface area contributed by atoms with E-state index in [1.807, 2.05) is 11.9 Å². The monoisotopic (exact) mass is 311 g/mol. The number of nitrogens with one attached hydrogen (secondary N) is 1. The average molecular weight is 311 g/mol. The lowest BCUT2D eigenvalue weighted by Crippen LogP contribution is -2.48. The van der Waals surface area contributed by atoms with Gasteiger partial charge < -0.3 is 15.1 Å². The van der Waals surface area contributed by atoms with Gasteiger partial charge in [0, 0.05) is 38.1 Å². The molecule has 0 spiro atoms. The van der Waals surface area contributed by atoms with Crippen molar-refractivity contribution in [2.45, 2.75) is 4.90 Å². The first-order valence-corrected chi connectivity index (χ1v) is 8.76. The molecule has 2 rings (SSSR count). The van der Waals surface area contributed by atoms with Gasteiger partial charge in [-0.1, -0.05) is 0 Å². The van der Waals surface area contributed by atoms with Crippen molar-refractivity contribution in [1.82, 2.24) is 9.80 Å². The van der Waals surface area contributed by atoms with Gasteiger partial charge in [-0.2, -0.15) is 0 Å². The van der Waals surface area contributed by atoms with Crippen LogP contribution in [0.1, 0.15) is 0 Å². The van der Waals surface area contributed by atoms with Gasteiger partial charge in [-0.05, 0) is 31.3 Å². The van der Waals surface area contributed by atoms with Crippen LogP contribution in [0.25, 0.3) is 0 Å². The van der Waals surface area contributed by atoms with E-state index in [4.69, 9.17) is 0 Å². The van der Waals surface area contributed by atoms with E-state index in [2.05, 4.69) is 10.2 Å². The van der Waals surface area contributed by atoms with E-state index in [0.717, 1.165) is 31.9 Å². The van der Waals surface area contributed by atoms with Crippen molar-refractivity contribution in [2.75, 3.05) is 51.3 Å². The molecule has 0 aliphatic carbocycles. The Hall–Kier alpha value is -1.60. The minimum atomic E-state index is -3.18. The predicted molar refractivity (Wildman–Crippen MR) is 82.1 cm³/mol. The van der Waals surface area contributed by atoms with E-state index in [1.165, 1.54) is 18.4 Å². The fourth-order valence-corrected chi connectivity index (χ4v) is 2.80. The summed E-state index contributed by atoms with van der Waals surface area (Å²) in [5.41, 5.74) is 0.741. The number of hydrogen-bond donors (Lipinski definition) is 1. The Labute approximate surface area is 125 Å². The number of likely N-dealkylation sites (N-methyl/N-ethyl adjacent to an activating group) is 1. The van der Waals surface area contributed by atoms with Gasteiger partial charge in [0.2, 0.25) is 5.91 Å². The maximum Gasteiger partial charge on any atom is 0.241 e. The van der Waals surface area contributed by atoms with E-state index in [0.29, 0.717) is 0 Å². The van der Waals surface area contributed by atoms with Gasteiger partial charge in [0.05, 0.1) is 11.4 Å². The molecule has 0 saturated carbocycles. The minimum Gasteiger partial charge on any atom is -0.376 e. The molecule has 1 aliphatic rings. The maximum atomic E-state index is 12.1. The molecule has 1 fully saturated rings. The molecule has 0 aromatic heterocycles. The molecule has 116 valence electrons. The van der Waals surface area contributed by atoms with Crippen LogP contribution >= 0.6 is 0 Å². The van der Waals surface area contributed by atoms with Gasteiger partial charge in [-0.25, -0.2) is 8.42 Å².